The summed E-state index contributed by atoms with van der Waals surface area (Å²) >= 11 is 0. The van der Waals surface area contributed by atoms with E-state index in [0.29, 0.717) is 19.7 Å². The van der Waals surface area contributed by atoms with Gasteiger partial charge in [0.25, 0.3) is 0 Å². The Morgan fingerprint density at radius 2 is 2.44 bits per heavy atom. The van der Waals surface area contributed by atoms with Crippen LogP contribution in [0.4, 0.5) is 4.39 Å². The highest BCUT2D eigenvalue weighted by atomic mass is 19.1. The van der Waals surface area contributed by atoms with Gasteiger partial charge >= 0.3 is 0 Å². The minimum absolute atomic E-state index is 0.112. The largest absolute Gasteiger partial charge is 0.366 e. The van der Waals surface area contributed by atoms with Gasteiger partial charge in [0.2, 0.25) is 5.91 Å². The molecule has 1 aromatic rings. The van der Waals surface area contributed by atoms with Gasteiger partial charge in [-0.25, -0.2) is 4.39 Å². The monoisotopic (exact) mass is 252 g/mol. The SMILES string of the molecule is CNC(=O)C1CN(Cc2cccc(F)c2)CCO1. The van der Waals surface area contributed by atoms with Crippen LogP contribution in [-0.4, -0.2) is 43.7 Å². The highest BCUT2D eigenvalue weighted by Crippen LogP contribution is 2.11. The molecule has 1 amide bonds. The number of amides is 1. The number of morpholine rings is 1. The van der Waals surface area contributed by atoms with Crippen molar-refractivity contribution >= 4 is 5.91 Å². The van der Waals surface area contributed by atoms with Gasteiger partial charge in [-0.05, 0) is 17.7 Å². The Balaban J connectivity index is 1.95. The second-order valence-corrected chi connectivity index (χ2v) is 4.34. The first-order valence-corrected chi connectivity index (χ1v) is 5.99. The third-order valence-corrected chi connectivity index (χ3v) is 2.98. The molecule has 18 heavy (non-hydrogen) atoms. The summed E-state index contributed by atoms with van der Waals surface area (Å²) in [6.45, 7) is 2.45. The van der Waals surface area contributed by atoms with Crippen molar-refractivity contribution < 1.29 is 13.9 Å². The van der Waals surface area contributed by atoms with Crippen LogP contribution in [0.3, 0.4) is 0 Å². The third kappa shape index (κ3) is 3.27. The summed E-state index contributed by atoms with van der Waals surface area (Å²) in [5.41, 5.74) is 0.910. The maximum atomic E-state index is 13.1. The number of halogens is 1. The Kier molecular flexibility index (Phi) is 4.28. The molecular formula is C13H17FN2O2. The fourth-order valence-electron chi connectivity index (χ4n) is 2.06. The predicted molar refractivity (Wildman–Crippen MR) is 65.5 cm³/mol. The van der Waals surface area contributed by atoms with E-state index in [1.807, 2.05) is 6.07 Å². The Morgan fingerprint density at radius 1 is 1.61 bits per heavy atom. The molecule has 1 fully saturated rings. The molecule has 1 aromatic carbocycles. The zero-order valence-electron chi connectivity index (χ0n) is 10.4. The third-order valence-electron chi connectivity index (χ3n) is 2.98. The van der Waals surface area contributed by atoms with Gasteiger partial charge in [-0.1, -0.05) is 12.1 Å². The van der Waals surface area contributed by atoms with E-state index in [0.717, 1.165) is 12.1 Å². The van der Waals surface area contributed by atoms with Gasteiger partial charge < -0.3 is 10.1 Å². The molecule has 0 radical (unpaired) electrons. The second kappa shape index (κ2) is 5.93. The van der Waals surface area contributed by atoms with E-state index in [-0.39, 0.29) is 11.7 Å². The summed E-state index contributed by atoms with van der Waals surface area (Å²) < 4.78 is 18.5. The Morgan fingerprint density at radius 3 is 3.17 bits per heavy atom. The molecule has 0 saturated carbocycles. The first-order valence-electron chi connectivity index (χ1n) is 5.99. The van der Waals surface area contributed by atoms with Gasteiger partial charge in [-0.15, -0.1) is 0 Å². The van der Waals surface area contributed by atoms with Gasteiger partial charge in [0.05, 0.1) is 6.61 Å². The summed E-state index contributed by atoms with van der Waals surface area (Å²) in [7, 11) is 1.59. The molecule has 98 valence electrons. The van der Waals surface area contributed by atoms with Crippen LogP contribution in [-0.2, 0) is 16.1 Å². The van der Waals surface area contributed by atoms with Crippen molar-refractivity contribution in [2.75, 3.05) is 26.7 Å². The first-order chi connectivity index (χ1) is 8.69. The van der Waals surface area contributed by atoms with Crippen LogP contribution in [0.1, 0.15) is 5.56 Å². The lowest BCUT2D eigenvalue weighted by atomic mass is 10.2. The summed E-state index contributed by atoms with van der Waals surface area (Å²) in [5, 5.41) is 2.58. The zero-order chi connectivity index (χ0) is 13.0. The molecule has 5 heteroatoms. The maximum absolute atomic E-state index is 13.1. The van der Waals surface area contributed by atoms with Crippen LogP contribution < -0.4 is 5.32 Å². The molecule has 0 spiro atoms. The van der Waals surface area contributed by atoms with E-state index < -0.39 is 6.10 Å². The molecule has 0 aliphatic carbocycles. The average Bonchev–Trinajstić information content (AvgIpc) is 2.38. The minimum Gasteiger partial charge on any atom is -0.366 e. The van der Waals surface area contributed by atoms with Crippen molar-refractivity contribution in [1.29, 1.82) is 0 Å². The number of hydrogen-bond donors (Lipinski definition) is 1. The van der Waals surface area contributed by atoms with Gasteiger partial charge in [-0.3, -0.25) is 9.69 Å². The molecule has 1 heterocycles. The number of benzene rings is 1. The van der Waals surface area contributed by atoms with Crippen LogP contribution in [0.15, 0.2) is 24.3 Å². The summed E-state index contributed by atoms with van der Waals surface area (Å²) in [4.78, 5) is 13.6. The summed E-state index contributed by atoms with van der Waals surface area (Å²) in [5.74, 6) is -0.345. The fraction of sp³-hybridized carbons (Fsp3) is 0.462. The average molecular weight is 252 g/mol. The topological polar surface area (TPSA) is 41.6 Å². The van der Waals surface area contributed by atoms with Gasteiger partial charge in [0, 0.05) is 26.7 Å². The van der Waals surface area contributed by atoms with E-state index in [2.05, 4.69) is 10.2 Å². The maximum Gasteiger partial charge on any atom is 0.250 e. The van der Waals surface area contributed by atoms with Crippen molar-refractivity contribution in [2.24, 2.45) is 0 Å². The van der Waals surface area contributed by atoms with Crippen molar-refractivity contribution in [2.45, 2.75) is 12.6 Å². The minimum atomic E-state index is -0.433. The van der Waals surface area contributed by atoms with E-state index in [1.54, 1.807) is 13.1 Å². The van der Waals surface area contributed by atoms with Crippen LogP contribution in [0, 0.1) is 5.82 Å². The van der Waals surface area contributed by atoms with Crippen molar-refractivity contribution in [1.82, 2.24) is 10.2 Å². The zero-order valence-corrected chi connectivity index (χ0v) is 10.4. The molecule has 1 atom stereocenters. The van der Waals surface area contributed by atoms with E-state index >= 15 is 0 Å². The van der Waals surface area contributed by atoms with Gasteiger partial charge in [-0.2, -0.15) is 0 Å². The summed E-state index contributed by atoms with van der Waals surface area (Å²) in [6, 6.07) is 6.52. The van der Waals surface area contributed by atoms with Gasteiger partial charge in [0.1, 0.15) is 11.9 Å². The number of carbonyl (C=O) groups is 1. The Labute approximate surface area is 106 Å². The molecule has 1 aliphatic heterocycles. The predicted octanol–water partition coefficient (Wildman–Crippen LogP) is 0.772. The van der Waals surface area contributed by atoms with E-state index in [9.17, 15) is 9.18 Å². The number of ether oxygens (including phenoxy) is 1. The van der Waals surface area contributed by atoms with Crippen LogP contribution in [0.2, 0.25) is 0 Å². The number of likely N-dealkylation sites (N-methyl/N-ethyl adjacent to an activating group) is 1. The quantitative estimate of drug-likeness (QED) is 0.864. The van der Waals surface area contributed by atoms with Crippen molar-refractivity contribution in [3.63, 3.8) is 0 Å². The van der Waals surface area contributed by atoms with Crippen molar-refractivity contribution in [3.8, 4) is 0 Å². The first kappa shape index (κ1) is 13.0. The van der Waals surface area contributed by atoms with Gasteiger partial charge in [0.15, 0.2) is 0 Å². The van der Waals surface area contributed by atoms with Crippen molar-refractivity contribution in [3.05, 3.63) is 35.6 Å². The molecule has 1 saturated heterocycles. The van der Waals surface area contributed by atoms with Crippen LogP contribution in [0.5, 0.6) is 0 Å². The lowest BCUT2D eigenvalue weighted by molar-refractivity contribution is -0.138. The van der Waals surface area contributed by atoms with E-state index in [4.69, 9.17) is 4.74 Å². The molecule has 1 unspecified atom stereocenters. The van der Waals surface area contributed by atoms with Crippen LogP contribution >= 0.6 is 0 Å². The molecule has 0 aromatic heterocycles. The molecular weight excluding hydrogens is 235 g/mol. The fourth-order valence-corrected chi connectivity index (χ4v) is 2.06. The highest BCUT2D eigenvalue weighted by molar-refractivity contribution is 5.80. The molecule has 0 bridgehead atoms. The number of nitrogens with one attached hydrogen (secondary N) is 1. The molecule has 4 nitrogen and oxygen atoms in total. The standard InChI is InChI=1S/C13H17FN2O2/c1-15-13(17)12-9-16(5-6-18-12)8-10-3-2-4-11(14)7-10/h2-4,7,12H,5-6,8-9H2,1H3,(H,15,17). The Bertz CT molecular complexity index is 425. The number of nitrogens with zero attached hydrogens (tertiary/aromatic N) is 1. The molecule has 1 aliphatic rings. The highest BCUT2D eigenvalue weighted by Gasteiger charge is 2.25. The number of rotatable bonds is 3. The Hall–Kier alpha value is -1.46. The molecule has 1 N–H and O–H groups in total. The van der Waals surface area contributed by atoms with E-state index in [1.165, 1.54) is 12.1 Å². The molecule has 2 rings (SSSR count). The lowest BCUT2D eigenvalue weighted by Gasteiger charge is -2.31. The number of carbonyl (C=O) groups excluding carboxylic acids is 1. The lowest BCUT2D eigenvalue weighted by Crippen LogP contribution is -2.48. The number of hydrogen-bond acceptors (Lipinski definition) is 3. The second-order valence-electron chi connectivity index (χ2n) is 4.34. The van der Waals surface area contributed by atoms with Crippen LogP contribution in [0.25, 0.3) is 0 Å². The smallest absolute Gasteiger partial charge is 0.250 e. The summed E-state index contributed by atoms with van der Waals surface area (Å²) in [6.07, 6.45) is -0.433. The normalized spacial score (nSPS) is 20.7.